The van der Waals surface area contributed by atoms with E-state index in [4.69, 9.17) is 4.74 Å². The molecule has 9 nitrogen and oxygen atoms in total. The number of rotatable bonds is 12. The van der Waals surface area contributed by atoms with Gasteiger partial charge in [-0.25, -0.2) is 14.4 Å². The minimum Gasteiger partial charge on any atom is -0.493 e. The molecule has 4 aromatic rings. The van der Waals surface area contributed by atoms with Crippen LogP contribution in [-0.2, 0) is 11.3 Å². The van der Waals surface area contributed by atoms with Gasteiger partial charge in [-0.3, -0.25) is 9.48 Å². The largest absolute Gasteiger partial charge is 0.493 e. The van der Waals surface area contributed by atoms with Crippen LogP contribution in [0.25, 0.3) is 10.9 Å². The van der Waals surface area contributed by atoms with E-state index in [9.17, 15) is 9.18 Å². The van der Waals surface area contributed by atoms with Gasteiger partial charge in [0.2, 0.25) is 5.91 Å². The molecule has 0 spiro atoms. The zero-order chi connectivity index (χ0) is 26.3. The van der Waals surface area contributed by atoms with Gasteiger partial charge >= 0.3 is 0 Å². The molecule has 3 N–H and O–H groups in total. The van der Waals surface area contributed by atoms with E-state index in [2.05, 4.69) is 51.8 Å². The quantitative estimate of drug-likeness (QED) is 0.240. The van der Waals surface area contributed by atoms with Crippen molar-refractivity contribution in [1.29, 1.82) is 0 Å². The van der Waals surface area contributed by atoms with Crippen molar-refractivity contribution in [2.45, 2.75) is 38.8 Å². The van der Waals surface area contributed by atoms with Crippen molar-refractivity contribution < 1.29 is 13.9 Å². The first-order valence-corrected chi connectivity index (χ1v) is 12.1. The second-order valence-corrected chi connectivity index (χ2v) is 9.27. The van der Waals surface area contributed by atoms with Crippen molar-refractivity contribution in [3.05, 3.63) is 73.9 Å². The number of nitrogens with zero attached hydrogens (tertiary/aromatic N) is 4. The standard InChI is InChI=1S/C27H31FN7O2/c1-4-27(2,3)31-11-6-12-37-22-9-10-23-24(14-22)29-18-30-26(23)34-21-15-32-35(16-21)17-25(36)33-20-8-5-7-19(28)13-20/h5,7-10,13-16,18,31H,1,4,6,11-12,17H2,2-3H3,(H,33,36)(H,29,30,34). The summed E-state index contributed by atoms with van der Waals surface area (Å²) >= 11 is 0. The third kappa shape index (κ3) is 7.47. The molecule has 0 bridgehead atoms. The van der Waals surface area contributed by atoms with Gasteiger partial charge in [0.25, 0.3) is 0 Å². The second-order valence-electron chi connectivity index (χ2n) is 9.27. The van der Waals surface area contributed by atoms with Crippen molar-refractivity contribution in [3.63, 3.8) is 0 Å². The lowest BCUT2D eigenvalue weighted by Gasteiger charge is -2.24. The Morgan fingerprint density at radius 1 is 1.16 bits per heavy atom. The summed E-state index contributed by atoms with van der Waals surface area (Å²) in [6.45, 7) is 9.64. The van der Waals surface area contributed by atoms with Crippen molar-refractivity contribution >= 4 is 34.0 Å². The van der Waals surface area contributed by atoms with Gasteiger partial charge in [-0.1, -0.05) is 13.0 Å². The molecule has 0 unspecified atom stereocenters. The molecular weight excluding hydrogens is 473 g/mol. The zero-order valence-corrected chi connectivity index (χ0v) is 21.0. The van der Waals surface area contributed by atoms with Gasteiger partial charge in [0, 0.05) is 28.9 Å². The number of ether oxygens (including phenoxy) is 1. The predicted molar refractivity (Wildman–Crippen MR) is 142 cm³/mol. The molecule has 2 aromatic heterocycles. The molecule has 10 heteroatoms. The van der Waals surface area contributed by atoms with Crippen LogP contribution in [0.15, 0.2) is 61.2 Å². The Kier molecular flexibility index (Phi) is 8.29. The molecule has 1 amide bonds. The Bertz CT molecular complexity index is 1360. The van der Waals surface area contributed by atoms with E-state index in [1.54, 1.807) is 18.5 Å². The number of halogens is 1. The Hall–Kier alpha value is -4.05. The molecule has 1 radical (unpaired) electrons. The molecular formula is C27H31FN7O2. The van der Waals surface area contributed by atoms with Crippen molar-refractivity contribution in [1.82, 2.24) is 25.1 Å². The highest BCUT2D eigenvalue weighted by molar-refractivity contribution is 5.92. The molecule has 4 rings (SSSR count). The summed E-state index contributed by atoms with van der Waals surface area (Å²) in [5.74, 6) is 0.619. The number of benzene rings is 2. The average Bonchev–Trinajstić information content (AvgIpc) is 3.30. The van der Waals surface area contributed by atoms with Crippen LogP contribution in [0.3, 0.4) is 0 Å². The van der Waals surface area contributed by atoms with Gasteiger partial charge in [0.05, 0.1) is 24.0 Å². The monoisotopic (exact) mass is 504 g/mol. The van der Waals surface area contributed by atoms with Crippen LogP contribution < -0.4 is 20.7 Å². The number of carbonyl (C=O) groups is 1. The van der Waals surface area contributed by atoms with Crippen LogP contribution >= 0.6 is 0 Å². The fraction of sp³-hybridized carbons (Fsp3) is 0.296. The summed E-state index contributed by atoms with van der Waals surface area (Å²) in [4.78, 5) is 21.0. The molecule has 0 aliphatic heterocycles. The molecule has 0 atom stereocenters. The number of hydrogen-bond donors (Lipinski definition) is 3. The van der Waals surface area contributed by atoms with E-state index < -0.39 is 5.82 Å². The molecule has 0 aliphatic rings. The van der Waals surface area contributed by atoms with Crippen molar-refractivity contribution in [3.8, 4) is 5.75 Å². The normalized spacial score (nSPS) is 11.5. The first kappa shape index (κ1) is 26.0. The lowest BCUT2D eigenvalue weighted by Crippen LogP contribution is -2.39. The second kappa shape index (κ2) is 11.8. The number of nitrogens with one attached hydrogen (secondary N) is 3. The number of anilines is 3. The number of amides is 1. The third-order valence-corrected chi connectivity index (χ3v) is 5.74. The lowest BCUT2D eigenvalue weighted by molar-refractivity contribution is -0.116. The highest BCUT2D eigenvalue weighted by Gasteiger charge is 2.13. The van der Waals surface area contributed by atoms with Gasteiger partial charge in [0.15, 0.2) is 0 Å². The SMILES string of the molecule is [CH2]CC(C)(C)NCCCOc1ccc2c(Nc3cnn(CC(=O)Nc4cccc(F)c4)c3)ncnc2c1. The van der Waals surface area contributed by atoms with Crippen LogP contribution in [-0.4, -0.2) is 44.3 Å². The zero-order valence-electron chi connectivity index (χ0n) is 21.0. The number of hydrogen-bond acceptors (Lipinski definition) is 7. The van der Waals surface area contributed by atoms with E-state index in [1.807, 2.05) is 18.2 Å². The Morgan fingerprint density at radius 3 is 2.84 bits per heavy atom. The van der Waals surface area contributed by atoms with Crippen LogP contribution in [0.4, 0.5) is 21.6 Å². The van der Waals surface area contributed by atoms with Crippen LogP contribution in [0.2, 0.25) is 0 Å². The summed E-state index contributed by atoms with van der Waals surface area (Å²) in [6, 6.07) is 11.4. The van der Waals surface area contributed by atoms with Crippen LogP contribution in [0.5, 0.6) is 5.75 Å². The molecule has 0 fully saturated rings. The van der Waals surface area contributed by atoms with E-state index >= 15 is 0 Å². The van der Waals surface area contributed by atoms with Gasteiger partial charge < -0.3 is 20.7 Å². The maximum absolute atomic E-state index is 13.3. The van der Waals surface area contributed by atoms with Crippen molar-refractivity contribution in [2.75, 3.05) is 23.8 Å². The average molecular weight is 505 g/mol. The van der Waals surface area contributed by atoms with Gasteiger partial charge in [-0.15, -0.1) is 0 Å². The maximum atomic E-state index is 13.3. The summed E-state index contributed by atoms with van der Waals surface area (Å²) in [5, 5.41) is 14.4. The van der Waals surface area contributed by atoms with Gasteiger partial charge in [-0.2, -0.15) is 5.10 Å². The van der Waals surface area contributed by atoms with E-state index in [1.165, 1.54) is 29.2 Å². The fourth-order valence-corrected chi connectivity index (χ4v) is 3.57. The Balaban J connectivity index is 1.33. The third-order valence-electron chi connectivity index (χ3n) is 5.74. The molecule has 0 saturated heterocycles. The fourth-order valence-electron chi connectivity index (χ4n) is 3.57. The highest BCUT2D eigenvalue weighted by atomic mass is 19.1. The highest BCUT2D eigenvalue weighted by Crippen LogP contribution is 2.26. The molecule has 193 valence electrons. The molecule has 0 aliphatic carbocycles. The minimum absolute atomic E-state index is 0.0221. The number of fused-ring (bicyclic) bond motifs is 1. The first-order valence-electron chi connectivity index (χ1n) is 12.1. The van der Waals surface area contributed by atoms with Crippen LogP contribution in [0.1, 0.15) is 26.7 Å². The molecule has 2 aromatic carbocycles. The Morgan fingerprint density at radius 2 is 2.03 bits per heavy atom. The van der Waals surface area contributed by atoms with Crippen LogP contribution in [0, 0.1) is 12.7 Å². The Labute approximate surface area is 215 Å². The topological polar surface area (TPSA) is 106 Å². The number of aromatic nitrogens is 4. The smallest absolute Gasteiger partial charge is 0.246 e. The molecule has 2 heterocycles. The summed E-state index contributed by atoms with van der Waals surface area (Å²) in [7, 11) is 0. The summed E-state index contributed by atoms with van der Waals surface area (Å²) in [6.07, 6.45) is 6.48. The van der Waals surface area contributed by atoms with E-state index in [-0.39, 0.29) is 18.0 Å². The minimum atomic E-state index is -0.416. The number of carbonyl (C=O) groups excluding carboxylic acids is 1. The predicted octanol–water partition coefficient (Wildman–Crippen LogP) is 4.71. The summed E-state index contributed by atoms with van der Waals surface area (Å²) in [5.41, 5.74) is 1.82. The van der Waals surface area contributed by atoms with E-state index in [0.717, 1.165) is 36.0 Å². The van der Waals surface area contributed by atoms with Gasteiger partial charge in [-0.05, 0) is 63.6 Å². The lowest BCUT2D eigenvalue weighted by atomic mass is 10.0. The van der Waals surface area contributed by atoms with E-state index in [0.29, 0.717) is 23.8 Å². The molecule has 37 heavy (non-hydrogen) atoms. The van der Waals surface area contributed by atoms with Gasteiger partial charge in [0.1, 0.15) is 30.3 Å². The van der Waals surface area contributed by atoms with Crippen molar-refractivity contribution in [2.24, 2.45) is 0 Å². The maximum Gasteiger partial charge on any atom is 0.246 e. The molecule has 0 saturated carbocycles. The first-order chi connectivity index (χ1) is 17.8. The summed E-state index contributed by atoms with van der Waals surface area (Å²) < 4.78 is 20.7.